The van der Waals surface area contributed by atoms with E-state index in [-0.39, 0.29) is 17.2 Å². The Morgan fingerprint density at radius 2 is 1.80 bits per heavy atom. The van der Waals surface area contributed by atoms with Crippen molar-refractivity contribution in [2.45, 2.75) is 37.7 Å². The predicted molar refractivity (Wildman–Crippen MR) is 124 cm³/mol. The zero-order chi connectivity index (χ0) is 24.4. The Kier molecular flexibility index (Phi) is 6.29. The Morgan fingerprint density at radius 1 is 1.03 bits per heavy atom. The highest BCUT2D eigenvalue weighted by molar-refractivity contribution is 5.56. The lowest BCUT2D eigenvalue weighted by molar-refractivity contribution is -0.309. The van der Waals surface area contributed by atoms with Gasteiger partial charge in [-0.15, -0.1) is 13.2 Å². The topological polar surface area (TPSA) is 65.2 Å². The average molecular weight is 483 g/mol. The summed E-state index contributed by atoms with van der Waals surface area (Å²) in [7, 11) is 0. The van der Waals surface area contributed by atoms with E-state index in [9.17, 15) is 18.0 Å². The van der Waals surface area contributed by atoms with Crippen LogP contribution in [0, 0.1) is 0 Å². The first-order valence-corrected chi connectivity index (χ1v) is 11.4. The highest BCUT2D eigenvalue weighted by atomic mass is 19.4. The number of likely N-dealkylation sites (tertiary alicyclic amines) is 1. The van der Waals surface area contributed by atoms with Gasteiger partial charge in [-0.1, -0.05) is 30.4 Å². The third kappa shape index (κ3) is 5.07. The summed E-state index contributed by atoms with van der Waals surface area (Å²) in [5.41, 5.74) is 1.52. The van der Waals surface area contributed by atoms with Crippen LogP contribution in [-0.2, 0) is 4.74 Å². The Bertz CT molecular complexity index is 1290. The van der Waals surface area contributed by atoms with Gasteiger partial charge < -0.3 is 4.74 Å². The second kappa shape index (κ2) is 9.53. The van der Waals surface area contributed by atoms with Gasteiger partial charge in [0.25, 0.3) is 0 Å². The van der Waals surface area contributed by atoms with Crippen LogP contribution in [0.25, 0.3) is 17.1 Å². The largest absolute Gasteiger partial charge is 0.572 e. The van der Waals surface area contributed by atoms with E-state index in [1.165, 1.54) is 12.1 Å². The number of piperidine rings is 1. The predicted octanol–water partition coefficient (Wildman–Crippen LogP) is 4.48. The molecule has 1 atom stereocenters. The van der Waals surface area contributed by atoms with Crippen LogP contribution in [0.5, 0.6) is 0 Å². The fourth-order valence-electron chi connectivity index (χ4n) is 4.68. The van der Waals surface area contributed by atoms with Gasteiger partial charge in [0.15, 0.2) is 5.69 Å². The van der Waals surface area contributed by atoms with E-state index in [2.05, 4.69) is 14.9 Å². The Hall–Kier alpha value is -3.66. The summed E-state index contributed by atoms with van der Waals surface area (Å²) < 4.78 is 46.3. The quantitative estimate of drug-likeness (QED) is 0.536. The van der Waals surface area contributed by atoms with E-state index in [0.717, 1.165) is 5.69 Å². The van der Waals surface area contributed by atoms with Crippen molar-refractivity contribution in [3.05, 3.63) is 89.1 Å². The summed E-state index contributed by atoms with van der Waals surface area (Å²) in [6.07, 6.45) is 5.27. The molecule has 0 amide bonds. The molecule has 0 N–H and O–H groups in total. The van der Waals surface area contributed by atoms with E-state index in [1.54, 1.807) is 33.9 Å². The van der Waals surface area contributed by atoms with Gasteiger partial charge in [-0.3, -0.25) is 14.4 Å². The van der Waals surface area contributed by atoms with Gasteiger partial charge in [0.2, 0.25) is 5.43 Å². The molecular formula is C25H24F3N5O2. The van der Waals surface area contributed by atoms with Crippen molar-refractivity contribution in [3.63, 3.8) is 0 Å². The molecule has 1 unspecified atom stereocenters. The summed E-state index contributed by atoms with van der Waals surface area (Å²) >= 11 is 0. The molecule has 2 aliphatic rings. The van der Waals surface area contributed by atoms with E-state index in [4.69, 9.17) is 0 Å². The number of benzene rings is 1. The van der Waals surface area contributed by atoms with Crippen LogP contribution in [-0.4, -0.2) is 50.0 Å². The van der Waals surface area contributed by atoms with Crippen LogP contribution < -0.4 is 5.43 Å². The molecule has 5 rings (SSSR count). The Morgan fingerprint density at radius 3 is 2.54 bits per heavy atom. The summed E-state index contributed by atoms with van der Waals surface area (Å²) in [6, 6.07) is 12.3. The lowest BCUT2D eigenvalue weighted by Gasteiger charge is -2.39. The number of hydrogen-bond donors (Lipinski definition) is 0. The van der Waals surface area contributed by atoms with Crippen molar-refractivity contribution in [3.8, 4) is 17.1 Å². The van der Waals surface area contributed by atoms with Gasteiger partial charge in [-0.25, -0.2) is 4.68 Å². The minimum Gasteiger partial charge on any atom is -0.409 e. The third-order valence-electron chi connectivity index (χ3n) is 6.35. The average Bonchev–Trinajstić information content (AvgIpc) is 3.34. The Labute approximate surface area is 199 Å². The van der Waals surface area contributed by atoms with Crippen molar-refractivity contribution in [2.75, 3.05) is 13.1 Å². The maximum absolute atomic E-state index is 12.8. The van der Waals surface area contributed by atoms with Gasteiger partial charge in [0, 0.05) is 25.4 Å². The molecule has 0 saturated carbocycles. The molecule has 0 spiro atoms. The van der Waals surface area contributed by atoms with Crippen molar-refractivity contribution < 1.29 is 17.9 Å². The summed E-state index contributed by atoms with van der Waals surface area (Å²) in [4.78, 5) is 14.7. The summed E-state index contributed by atoms with van der Waals surface area (Å²) in [5, 5.41) is 9.01. The molecule has 1 aliphatic carbocycles. The minimum atomic E-state index is -4.71. The number of halogens is 3. The first kappa shape index (κ1) is 23.1. The maximum Gasteiger partial charge on any atom is 0.572 e. The first-order valence-electron chi connectivity index (χ1n) is 11.4. The lowest BCUT2D eigenvalue weighted by atomic mass is 9.99. The molecule has 0 bridgehead atoms. The smallest absolute Gasteiger partial charge is 0.409 e. The van der Waals surface area contributed by atoms with Gasteiger partial charge in [-0.05, 0) is 43.5 Å². The Balaban J connectivity index is 1.33. The molecule has 2 aromatic heterocycles. The molecule has 1 saturated heterocycles. The van der Waals surface area contributed by atoms with Crippen LogP contribution in [0.15, 0.2) is 83.6 Å². The second-order valence-corrected chi connectivity index (χ2v) is 8.54. The van der Waals surface area contributed by atoms with E-state index < -0.39 is 12.4 Å². The highest BCUT2D eigenvalue weighted by Gasteiger charge is 2.37. The van der Waals surface area contributed by atoms with Crippen molar-refractivity contribution in [1.29, 1.82) is 0 Å². The van der Waals surface area contributed by atoms with Gasteiger partial charge >= 0.3 is 6.36 Å². The molecule has 3 heterocycles. The van der Waals surface area contributed by atoms with Gasteiger partial charge in [0.1, 0.15) is 5.76 Å². The molecule has 1 aliphatic heterocycles. The van der Waals surface area contributed by atoms with Gasteiger partial charge in [-0.2, -0.15) is 10.2 Å². The van der Waals surface area contributed by atoms with Crippen molar-refractivity contribution in [2.24, 2.45) is 0 Å². The number of aromatic nitrogens is 4. The minimum absolute atomic E-state index is 0.0220. The van der Waals surface area contributed by atoms with Crippen LogP contribution >= 0.6 is 0 Å². The lowest BCUT2D eigenvalue weighted by Crippen LogP contribution is -2.44. The van der Waals surface area contributed by atoms with E-state index in [0.29, 0.717) is 43.7 Å². The standard InChI is InChI=1S/C25H24F3N5O2/c26-25(27,28)35-23-9-5-4-8-20(23)31-15-11-18(12-16-31)32-17-13-22(34)24(30-32)21-10-14-29-33(21)19-6-2-1-3-7-19/h1-7,9-10,13-14,17-18,20H,8,11-12,15-16H2. The monoisotopic (exact) mass is 483 g/mol. The number of alkyl halides is 3. The van der Waals surface area contributed by atoms with E-state index >= 15 is 0 Å². The first-order chi connectivity index (χ1) is 16.9. The molecule has 35 heavy (non-hydrogen) atoms. The number of allylic oxidation sites excluding steroid dienone is 2. The molecule has 1 fully saturated rings. The zero-order valence-electron chi connectivity index (χ0n) is 18.8. The summed E-state index contributed by atoms with van der Waals surface area (Å²) in [5.74, 6) is -0.0728. The van der Waals surface area contributed by atoms with Crippen LogP contribution in [0.4, 0.5) is 13.2 Å². The molecule has 3 aromatic rings. The third-order valence-corrected chi connectivity index (χ3v) is 6.35. The van der Waals surface area contributed by atoms with Crippen molar-refractivity contribution in [1.82, 2.24) is 24.5 Å². The maximum atomic E-state index is 12.8. The summed E-state index contributed by atoms with van der Waals surface area (Å²) in [6.45, 7) is 1.18. The molecule has 7 nitrogen and oxygen atoms in total. The van der Waals surface area contributed by atoms with E-state index in [1.807, 2.05) is 41.3 Å². The fraction of sp³-hybridized carbons (Fsp3) is 0.320. The van der Waals surface area contributed by atoms with Crippen molar-refractivity contribution >= 4 is 0 Å². The number of ether oxygens (including phenoxy) is 1. The van der Waals surface area contributed by atoms with Crippen LogP contribution in [0.1, 0.15) is 25.3 Å². The number of nitrogens with zero attached hydrogens (tertiary/aromatic N) is 5. The molecule has 1 aromatic carbocycles. The molecule has 0 radical (unpaired) electrons. The molecule has 182 valence electrons. The van der Waals surface area contributed by atoms with Crippen LogP contribution in [0.2, 0.25) is 0 Å². The van der Waals surface area contributed by atoms with Crippen LogP contribution in [0.3, 0.4) is 0 Å². The number of para-hydroxylation sites is 1. The normalized spacial score (nSPS) is 19.5. The highest BCUT2D eigenvalue weighted by Crippen LogP contribution is 2.32. The van der Waals surface area contributed by atoms with Gasteiger partial charge in [0.05, 0.1) is 29.7 Å². The second-order valence-electron chi connectivity index (χ2n) is 8.54. The number of hydrogen-bond acceptors (Lipinski definition) is 5. The zero-order valence-corrected chi connectivity index (χ0v) is 18.8. The number of rotatable bonds is 5. The molecular weight excluding hydrogens is 459 g/mol. The fourth-order valence-corrected chi connectivity index (χ4v) is 4.68. The molecule has 10 heteroatoms. The SMILES string of the molecule is O=c1ccn(C2CCN(C3CC=CC=C3OC(F)(F)F)CC2)nc1-c1ccnn1-c1ccccc1.